The highest BCUT2D eigenvalue weighted by Crippen LogP contribution is 2.55. The molecule has 0 aliphatic heterocycles. The standard InChI is InChI=1S/C84H56N4S3/c1-7-20-57(21-8-1)63-34-44-69(45-35-63)85(70-46-36-64(37-47-70)58-22-9-2-10-23-58)77-55-75-81(89-77)83-79(87(75)73-52-42-67(43-53-73)61-28-15-5-16-29-61)80-84(91-83)82-76(88(80)74-33-19-32-68(54-74)62-30-17-6-18-31-62)56-78(90-82)86(71-48-38-65(39-49-71)59-24-11-3-12-25-59)72-50-40-66(41-51-72)60-26-13-4-14-27-60/h1-56H. The molecule has 0 radical (unpaired) electrons. The molecule has 0 bridgehead atoms. The van der Waals surface area contributed by atoms with Crippen molar-refractivity contribution in [3.05, 3.63) is 340 Å². The lowest BCUT2D eigenvalue weighted by Crippen LogP contribution is -2.08. The number of anilines is 6. The van der Waals surface area contributed by atoms with Crippen molar-refractivity contribution in [2.75, 3.05) is 9.80 Å². The fourth-order valence-electron chi connectivity index (χ4n) is 13.0. The molecule has 430 valence electrons. The molecule has 0 saturated heterocycles. The first-order valence-corrected chi connectivity index (χ1v) is 33.2. The lowest BCUT2D eigenvalue weighted by Gasteiger charge is -2.24. The van der Waals surface area contributed by atoms with Crippen LogP contribution in [0.4, 0.5) is 32.8 Å². The molecular formula is C84H56N4S3. The van der Waals surface area contributed by atoms with E-state index < -0.39 is 0 Å². The van der Waals surface area contributed by atoms with E-state index in [1.165, 1.54) is 108 Å². The lowest BCUT2D eigenvalue weighted by atomic mass is 10.0. The molecule has 0 aliphatic carbocycles. The summed E-state index contributed by atoms with van der Waals surface area (Å²) >= 11 is 5.67. The largest absolute Gasteiger partial charge is 0.305 e. The number of rotatable bonds is 14. The Bertz CT molecular complexity index is 5220. The van der Waals surface area contributed by atoms with Gasteiger partial charge in [0, 0.05) is 34.1 Å². The predicted molar refractivity (Wildman–Crippen MR) is 391 cm³/mol. The van der Waals surface area contributed by atoms with Gasteiger partial charge in [-0.25, -0.2) is 0 Å². The van der Waals surface area contributed by atoms with E-state index >= 15 is 0 Å². The Kier molecular flexibility index (Phi) is 13.8. The van der Waals surface area contributed by atoms with Crippen LogP contribution in [0.1, 0.15) is 0 Å². The average molecular weight is 1220 g/mol. The molecule has 91 heavy (non-hydrogen) atoms. The number of fused-ring (bicyclic) bond motifs is 7. The van der Waals surface area contributed by atoms with Crippen LogP contribution in [0.15, 0.2) is 340 Å². The zero-order chi connectivity index (χ0) is 60.2. The van der Waals surface area contributed by atoms with E-state index in [4.69, 9.17) is 0 Å². The zero-order valence-corrected chi connectivity index (χ0v) is 51.8. The summed E-state index contributed by atoms with van der Waals surface area (Å²) < 4.78 is 10.1. The van der Waals surface area contributed by atoms with Gasteiger partial charge in [-0.2, -0.15) is 0 Å². The van der Waals surface area contributed by atoms with Crippen molar-refractivity contribution in [3.63, 3.8) is 0 Å². The normalized spacial score (nSPS) is 11.5. The van der Waals surface area contributed by atoms with Gasteiger partial charge in [0.05, 0.1) is 40.9 Å². The predicted octanol–water partition coefficient (Wildman–Crippen LogP) is 25.0. The highest BCUT2D eigenvalue weighted by Gasteiger charge is 2.30. The Morgan fingerprint density at radius 3 is 0.780 bits per heavy atom. The van der Waals surface area contributed by atoms with Crippen molar-refractivity contribution in [1.29, 1.82) is 0 Å². The molecule has 0 spiro atoms. The van der Waals surface area contributed by atoms with Gasteiger partial charge in [-0.3, -0.25) is 0 Å². The van der Waals surface area contributed by atoms with Crippen molar-refractivity contribution in [2.24, 2.45) is 0 Å². The number of hydrogen-bond donors (Lipinski definition) is 0. The van der Waals surface area contributed by atoms with Gasteiger partial charge in [0.2, 0.25) is 0 Å². The molecular weight excluding hydrogens is 1160 g/mol. The summed E-state index contributed by atoms with van der Waals surface area (Å²) in [4.78, 5) is 4.90. The van der Waals surface area contributed by atoms with Gasteiger partial charge in [-0.05, 0) is 152 Å². The summed E-state index contributed by atoms with van der Waals surface area (Å²) in [7, 11) is 0. The third kappa shape index (κ3) is 9.93. The molecule has 17 rings (SSSR count). The highest BCUT2D eigenvalue weighted by atomic mass is 32.1. The van der Waals surface area contributed by atoms with E-state index in [0.29, 0.717) is 0 Å². The Morgan fingerprint density at radius 2 is 0.462 bits per heavy atom. The van der Waals surface area contributed by atoms with Gasteiger partial charge in [0.15, 0.2) is 0 Å². The molecule has 0 amide bonds. The van der Waals surface area contributed by atoms with E-state index in [2.05, 4.69) is 359 Å². The van der Waals surface area contributed by atoms with Crippen molar-refractivity contribution in [3.8, 4) is 78.1 Å². The second-order valence-corrected chi connectivity index (χ2v) is 26.0. The first-order valence-electron chi connectivity index (χ1n) is 30.7. The third-order valence-electron chi connectivity index (χ3n) is 17.4. The molecule has 0 aliphatic rings. The summed E-state index contributed by atoms with van der Waals surface area (Å²) in [6.45, 7) is 0. The Hall–Kier alpha value is -11.1. The molecule has 0 saturated carbocycles. The van der Waals surface area contributed by atoms with Crippen molar-refractivity contribution in [2.45, 2.75) is 0 Å². The van der Waals surface area contributed by atoms with E-state index in [0.717, 1.165) is 44.1 Å². The minimum absolute atomic E-state index is 1.09. The fourth-order valence-corrected chi connectivity index (χ4v) is 16.9. The van der Waals surface area contributed by atoms with Crippen LogP contribution in [-0.2, 0) is 0 Å². The Balaban J connectivity index is 0.904. The van der Waals surface area contributed by atoms with Crippen LogP contribution in [0.2, 0.25) is 0 Å². The van der Waals surface area contributed by atoms with Gasteiger partial charge >= 0.3 is 0 Å². The maximum Gasteiger partial charge on any atom is 0.103 e. The third-order valence-corrected chi connectivity index (χ3v) is 21.1. The van der Waals surface area contributed by atoms with Gasteiger partial charge in [-0.1, -0.05) is 255 Å². The van der Waals surface area contributed by atoms with Crippen molar-refractivity contribution < 1.29 is 0 Å². The smallest absolute Gasteiger partial charge is 0.103 e. The van der Waals surface area contributed by atoms with Gasteiger partial charge in [0.1, 0.15) is 10.0 Å². The maximum absolute atomic E-state index is 2.57. The average Bonchev–Trinajstić information content (AvgIpc) is 1.52. The molecule has 4 nitrogen and oxygen atoms in total. The first-order chi connectivity index (χ1) is 45.1. The quantitative estimate of drug-likeness (QED) is 0.108. The first kappa shape index (κ1) is 54.1. The van der Waals surface area contributed by atoms with Crippen molar-refractivity contribution in [1.82, 2.24) is 9.13 Å². The maximum atomic E-state index is 2.57. The molecule has 0 fully saturated rings. The number of aromatic nitrogens is 2. The minimum atomic E-state index is 1.09. The second-order valence-electron chi connectivity index (χ2n) is 22.9. The molecule has 5 heterocycles. The SMILES string of the molecule is c1ccc(-c2ccc(N(c3ccc(-c4ccccc4)cc3)c3cc4c(s3)c3sc5c6sc(N(c7ccc(-c8ccccc8)cc7)c7ccc(-c8ccccc8)cc7)cc6n(-c6cccc(-c7ccccc7)c6)c5c3n4-c3ccc(-c4ccccc4)cc3)cc2)cc1. The summed E-state index contributed by atoms with van der Waals surface area (Å²) in [6.07, 6.45) is 0. The number of hydrogen-bond acceptors (Lipinski definition) is 5. The van der Waals surface area contributed by atoms with E-state index in [-0.39, 0.29) is 0 Å². The van der Waals surface area contributed by atoms with Crippen LogP contribution in [0.3, 0.4) is 0 Å². The molecule has 5 aromatic heterocycles. The Labute approximate surface area is 540 Å². The molecule has 17 aromatic rings. The molecule has 12 aromatic carbocycles. The van der Waals surface area contributed by atoms with E-state index in [9.17, 15) is 0 Å². The molecule has 7 heteroatoms. The topological polar surface area (TPSA) is 16.3 Å². The summed E-state index contributed by atoms with van der Waals surface area (Å²) in [5, 5.41) is 2.27. The summed E-state index contributed by atoms with van der Waals surface area (Å²) in [6, 6.07) is 124. The summed E-state index contributed by atoms with van der Waals surface area (Å²) in [5.74, 6) is 0. The fraction of sp³-hybridized carbons (Fsp3) is 0. The zero-order valence-electron chi connectivity index (χ0n) is 49.3. The van der Waals surface area contributed by atoms with Gasteiger partial charge < -0.3 is 18.9 Å². The second kappa shape index (κ2) is 23.1. The van der Waals surface area contributed by atoms with E-state index in [1.807, 2.05) is 34.0 Å². The van der Waals surface area contributed by atoms with Gasteiger partial charge in [-0.15, -0.1) is 34.0 Å². The van der Waals surface area contributed by atoms with Crippen LogP contribution < -0.4 is 9.80 Å². The Morgan fingerprint density at radius 1 is 0.198 bits per heavy atom. The van der Waals surface area contributed by atoms with Gasteiger partial charge in [0.25, 0.3) is 0 Å². The van der Waals surface area contributed by atoms with Crippen LogP contribution in [0, 0.1) is 0 Å². The van der Waals surface area contributed by atoms with Crippen LogP contribution in [-0.4, -0.2) is 9.13 Å². The van der Waals surface area contributed by atoms with Crippen LogP contribution in [0.5, 0.6) is 0 Å². The number of thiophene rings is 3. The lowest BCUT2D eigenvalue weighted by molar-refractivity contribution is 1.15. The minimum Gasteiger partial charge on any atom is -0.305 e. The molecule has 0 unspecified atom stereocenters. The monoisotopic (exact) mass is 1220 g/mol. The van der Waals surface area contributed by atoms with Crippen LogP contribution in [0.25, 0.3) is 119 Å². The summed E-state index contributed by atoms with van der Waals surface area (Å²) in [5.41, 5.74) is 25.5. The number of nitrogens with zero attached hydrogens (tertiary/aromatic N) is 4. The van der Waals surface area contributed by atoms with Crippen molar-refractivity contribution >= 4 is 108 Å². The molecule has 0 N–H and O–H groups in total. The molecule has 0 atom stereocenters. The number of benzene rings is 12. The highest BCUT2D eigenvalue weighted by molar-refractivity contribution is 7.35. The van der Waals surface area contributed by atoms with E-state index in [1.54, 1.807) is 0 Å². The van der Waals surface area contributed by atoms with Crippen LogP contribution >= 0.6 is 34.0 Å².